The van der Waals surface area contributed by atoms with Gasteiger partial charge in [-0.25, -0.2) is 4.79 Å². The molecule has 1 atom stereocenters. The Morgan fingerprint density at radius 3 is 2.60 bits per heavy atom. The molecule has 0 aromatic carbocycles. The van der Waals surface area contributed by atoms with E-state index in [1.165, 1.54) is 10.4 Å². The second-order valence-corrected chi connectivity index (χ2v) is 4.31. The summed E-state index contributed by atoms with van der Waals surface area (Å²) in [6, 6.07) is 2.49. The minimum absolute atomic E-state index is 0.290. The van der Waals surface area contributed by atoms with Crippen molar-refractivity contribution < 1.29 is 9.90 Å². The van der Waals surface area contributed by atoms with E-state index in [1.54, 1.807) is 11.3 Å². The molecule has 0 amide bonds. The summed E-state index contributed by atoms with van der Waals surface area (Å²) >= 11 is 1.80. The summed E-state index contributed by atoms with van der Waals surface area (Å²) in [5.74, 6) is -0.981. The van der Waals surface area contributed by atoms with Gasteiger partial charge in [-0.1, -0.05) is 6.58 Å². The van der Waals surface area contributed by atoms with Gasteiger partial charge in [-0.3, -0.25) is 0 Å². The molecule has 0 spiro atoms. The topological polar surface area (TPSA) is 63.3 Å². The van der Waals surface area contributed by atoms with Crippen LogP contribution >= 0.6 is 11.3 Å². The minimum atomic E-state index is -0.981. The Bertz CT molecular complexity index is 318. The van der Waals surface area contributed by atoms with Gasteiger partial charge in [-0.05, 0) is 37.3 Å². The van der Waals surface area contributed by atoms with Gasteiger partial charge in [0.1, 0.15) is 0 Å². The Hall–Kier alpha value is -1.13. The first-order chi connectivity index (χ1) is 6.95. The van der Waals surface area contributed by atoms with Gasteiger partial charge < -0.3 is 10.8 Å². The summed E-state index contributed by atoms with van der Waals surface area (Å²) in [7, 11) is 0. The molecule has 1 aromatic rings. The van der Waals surface area contributed by atoms with Crippen LogP contribution in [0.4, 0.5) is 0 Å². The summed E-state index contributed by atoms with van der Waals surface area (Å²) in [5, 5.41) is 9.77. The first-order valence-corrected chi connectivity index (χ1v) is 5.48. The molecule has 1 unspecified atom stereocenters. The average Bonchev–Trinajstić information content (AvgIpc) is 2.51. The number of hydrogen-bond acceptors (Lipinski definition) is 3. The Balaban J connectivity index is 0.000000336. The van der Waals surface area contributed by atoms with Gasteiger partial charge in [0.15, 0.2) is 0 Å². The fourth-order valence-corrected chi connectivity index (χ4v) is 1.93. The quantitative estimate of drug-likeness (QED) is 0.778. The van der Waals surface area contributed by atoms with Gasteiger partial charge in [-0.15, -0.1) is 11.3 Å². The Labute approximate surface area is 94.2 Å². The predicted molar refractivity (Wildman–Crippen MR) is 64.2 cm³/mol. The third-order valence-corrected chi connectivity index (χ3v) is 2.56. The van der Waals surface area contributed by atoms with E-state index >= 15 is 0 Å². The van der Waals surface area contributed by atoms with Crippen molar-refractivity contribution in [3.8, 4) is 0 Å². The fourth-order valence-electron chi connectivity index (χ4n) is 0.915. The van der Waals surface area contributed by atoms with Crippen molar-refractivity contribution in [3.63, 3.8) is 0 Å². The number of aliphatic carboxylic acids is 1. The highest BCUT2D eigenvalue weighted by Crippen LogP contribution is 2.14. The molecule has 0 fully saturated rings. The molecule has 3 nitrogen and oxygen atoms in total. The fraction of sp³-hybridized carbons (Fsp3) is 0.364. The third kappa shape index (κ3) is 7.90. The van der Waals surface area contributed by atoms with Crippen LogP contribution in [0.2, 0.25) is 0 Å². The van der Waals surface area contributed by atoms with E-state index < -0.39 is 5.97 Å². The van der Waals surface area contributed by atoms with Crippen LogP contribution in [0.25, 0.3) is 0 Å². The SMILES string of the molecule is C=CC(=O)O.Cc1csc(CC(C)N)c1. The first-order valence-electron chi connectivity index (χ1n) is 4.60. The van der Waals surface area contributed by atoms with Gasteiger partial charge in [0.05, 0.1) is 0 Å². The minimum Gasteiger partial charge on any atom is -0.478 e. The first kappa shape index (κ1) is 13.9. The van der Waals surface area contributed by atoms with E-state index in [1.807, 2.05) is 6.92 Å². The van der Waals surface area contributed by atoms with E-state index in [-0.39, 0.29) is 6.04 Å². The second kappa shape index (κ2) is 7.20. The number of hydrogen-bond donors (Lipinski definition) is 2. The van der Waals surface area contributed by atoms with Crippen molar-refractivity contribution in [1.82, 2.24) is 0 Å². The molecule has 0 aliphatic heterocycles. The Kier molecular flexibility index (Phi) is 6.66. The lowest BCUT2D eigenvalue weighted by Crippen LogP contribution is -2.16. The second-order valence-electron chi connectivity index (χ2n) is 3.31. The maximum Gasteiger partial charge on any atom is 0.327 e. The average molecular weight is 227 g/mol. The lowest BCUT2D eigenvalue weighted by atomic mass is 10.2. The summed E-state index contributed by atoms with van der Waals surface area (Å²) in [5.41, 5.74) is 6.99. The number of carboxylic acids is 1. The molecule has 0 bridgehead atoms. The van der Waals surface area contributed by atoms with Crippen molar-refractivity contribution in [2.75, 3.05) is 0 Å². The molecule has 4 heteroatoms. The van der Waals surface area contributed by atoms with Crippen molar-refractivity contribution in [1.29, 1.82) is 0 Å². The summed E-state index contributed by atoms with van der Waals surface area (Å²) < 4.78 is 0. The van der Waals surface area contributed by atoms with E-state index in [4.69, 9.17) is 10.8 Å². The van der Waals surface area contributed by atoms with E-state index in [9.17, 15) is 4.79 Å². The number of thiophene rings is 1. The monoisotopic (exact) mass is 227 g/mol. The van der Waals surface area contributed by atoms with Gasteiger partial charge in [0.2, 0.25) is 0 Å². The van der Waals surface area contributed by atoms with Crippen molar-refractivity contribution >= 4 is 17.3 Å². The van der Waals surface area contributed by atoms with Crippen LogP contribution in [0.5, 0.6) is 0 Å². The highest BCUT2D eigenvalue weighted by Gasteiger charge is 1.98. The molecule has 1 heterocycles. The smallest absolute Gasteiger partial charge is 0.327 e. The Morgan fingerprint density at radius 1 is 1.80 bits per heavy atom. The molecule has 0 aliphatic carbocycles. The summed E-state index contributed by atoms with van der Waals surface area (Å²) in [6.45, 7) is 7.11. The largest absolute Gasteiger partial charge is 0.478 e. The van der Waals surface area contributed by atoms with Crippen LogP contribution in [0.15, 0.2) is 24.1 Å². The molecule has 0 aliphatic rings. The highest BCUT2D eigenvalue weighted by atomic mass is 32.1. The molecule has 1 rings (SSSR count). The number of rotatable bonds is 3. The molecule has 0 saturated heterocycles. The van der Waals surface area contributed by atoms with Gasteiger partial charge in [0.25, 0.3) is 0 Å². The third-order valence-electron chi connectivity index (χ3n) is 1.48. The maximum absolute atomic E-state index is 9.25. The summed E-state index contributed by atoms with van der Waals surface area (Å²) in [4.78, 5) is 10.6. The molecular formula is C11H17NO2S. The summed E-state index contributed by atoms with van der Waals surface area (Å²) in [6.07, 6.45) is 1.85. The Morgan fingerprint density at radius 2 is 2.33 bits per heavy atom. The number of carboxylic acid groups (broad SMARTS) is 1. The molecule has 15 heavy (non-hydrogen) atoms. The van der Waals surface area contributed by atoms with Crippen LogP contribution in [0.1, 0.15) is 17.4 Å². The van der Waals surface area contributed by atoms with Crippen LogP contribution in [0.3, 0.4) is 0 Å². The van der Waals surface area contributed by atoms with Crippen LogP contribution in [-0.4, -0.2) is 17.1 Å². The molecule has 0 saturated carbocycles. The van der Waals surface area contributed by atoms with Crippen LogP contribution in [0, 0.1) is 6.92 Å². The van der Waals surface area contributed by atoms with Gasteiger partial charge >= 0.3 is 5.97 Å². The molecular weight excluding hydrogens is 210 g/mol. The van der Waals surface area contributed by atoms with Gasteiger partial charge in [-0.2, -0.15) is 0 Å². The van der Waals surface area contributed by atoms with E-state index in [0.717, 1.165) is 12.5 Å². The highest BCUT2D eigenvalue weighted by molar-refractivity contribution is 7.10. The normalized spacial score (nSPS) is 11.1. The van der Waals surface area contributed by atoms with E-state index in [0.29, 0.717) is 0 Å². The zero-order chi connectivity index (χ0) is 11.8. The van der Waals surface area contributed by atoms with Crippen molar-refractivity contribution in [2.45, 2.75) is 26.3 Å². The van der Waals surface area contributed by atoms with Crippen molar-refractivity contribution in [2.24, 2.45) is 5.73 Å². The zero-order valence-electron chi connectivity index (χ0n) is 9.06. The standard InChI is InChI=1S/C8H13NS.C3H4O2/c1-6-3-8(10-5-6)4-7(2)9;1-2-3(4)5/h3,5,7H,4,9H2,1-2H3;2H,1H2,(H,4,5). The number of aryl methyl sites for hydroxylation is 1. The van der Waals surface area contributed by atoms with Crippen LogP contribution in [-0.2, 0) is 11.2 Å². The van der Waals surface area contributed by atoms with Crippen LogP contribution < -0.4 is 5.73 Å². The zero-order valence-corrected chi connectivity index (χ0v) is 9.88. The lowest BCUT2D eigenvalue weighted by Gasteiger charge is -1.99. The number of carbonyl (C=O) groups is 1. The van der Waals surface area contributed by atoms with Crippen molar-refractivity contribution in [3.05, 3.63) is 34.5 Å². The maximum atomic E-state index is 9.25. The molecule has 1 aromatic heterocycles. The van der Waals surface area contributed by atoms with E-state index in [2.05, 4.69) is 24.9 Å². The lowest BCUT2D eigenvalue weighted by molar-refractivity contribution is -0.131. The molecule has 0 radical (unpaired) electrons. The molecule has 3 N–H and O–H groups in total. The number of nitrogens with two attached hydrogens (primary N) is 1. The predicted octanol–water partition coefficient (Wildman–Crippen LogP) is 2.20. The van der Waals surface area contributed by atoms with Gasteiger partial charge in [0, 0.05) is 17.0 Å². The molecule has 84 valence electrons.